The maximum atomic E-state index is 5.43. The molecule has 0 unspecified atom stereocenters. The van der Waals surface area contributed by atoms with E-state index in [1.165, 1.54) is 87.4 Å². The second-order valence-electron chi connectivity index (χ2n) is 17.2. The smallest absolute Gasteiger partial charge is 0.0718 e. The molecule has 1 heteroatoms. The number of rotatable bonds is 9. The van der Waals surface area contributed by atoms with Gasteiger partial charge in [0.15, 0.2) is 0 Å². The van der Waals surface area contributed by atoms with E-state index in [1.807, 2.05) is 0 Å². The Morgan fingerprint density at radius 3 is 1.58 bits per heavy atom. The Balaban J connectivity index is 0.925. The second kappa shape index (κ2) is 16.9. The van der Waals surface area contributed by atoms with Crippen LogP contribution in [0.15, 0.2) is 236 Å². The number of aryl methyl sites for hydroxylation is 1. The minimum absolute atomic E-state index is 0.715. The molecule has 0 radical (unpaired) electrons. The molecule has 1 nitrogen and oxygen atoms in total. The largest absolute Gasteiger partial charge is 0.248 e. The van der Waals surface area contributed by atoms with Crippen LogP contribution in [0.2, 0.25) is 0 Å². The molecule has 0 N–H and O–H groups in total. The lowest BCUT2D eigenvalue weighted by molar-refractivity contribution is 1.19. The first kappa shape index (κ1) is 39.7. The fraction of sp³-hybridized carbons (Fsp3) is 0.0469. The van der Waals surface area contributed by atoms with Gasteiger partial charge in [0.2, 0.25) is 0 Å². The van der Waals surface area contributed by atoms with Gasteiger partial charge in [-0.05, 0) is 148 Å². The lowest BCUT2D eigenvalue weighted by Crippen LogP contribution is -2.01. The number of benzene rings is 11. The van der Waals surface area contributed by atoms with Crippen molar-refractivity contribution >= 4 is 70.8 Å². The van der Waals surface area contributed by atoms with Crippen LogP contribution in [0.25, 0.3) is 87.4 Å². The lowest BCUT2D eigenvalue weighted by atomic mass is 9.90. The fourth-order valence-corrected chi connectivity index (χ4v) is 9.86. The third-order valence-electron chi connectivity index (χ3n) is 13.3. The molecule has 0 aliphatic heterocycles. The van der Waals surface area contributed by atoms with E-state index in [2.05, 4.69) is 245 Å². The molecule has 0 amide bonds. The van der Waals surface area contributed by atoms with E-state index in [4.69, 9.17) is 4.99 Å². The van der Waals surface area contributed by atoms with E-state index in [-0.39, 0.29) is 0 Å². The van der Waals surface area contributed by atoms with Crippen molar-refractivity contribution in [3.8, 4) is 22.3 Å². The first-order valence-electron chi connectivity index (χ1n) is 22.5. The van der Waals surface area contributed by atoms with E-state index >= 15 is 0 Å². The standard InChI is InChI=1S/C64H47N/c1-42(62-40-51-18-6-10-22-56(51)58-24-12-14-26-60(58)62)38-64(63-41-52-19-7-11-23-57(52)59-25-13-15-27-61(59)63)65-44(3)46-32-34-48(35-33-46)47-30-28-45(29-31-47)39-50-17-5-9-21-55(50)54-37-36-49-16-4-8-20-53(49)43(54)2/h4-38,40-41H,3,39H2,1-2H3/b42-38+,65-64+. The van der Waals surface area contributed by atoms with Crippen LogP contribution in [0.1, 0.15) is 40.3 Å². The molecule has 11 aromatic rings. The molecule has 11 rings (SSSR count). The molecule has 0 fully saturated rings. The normalized spacial score (nSPS) is 12.2. The molecule has 11 aromatic carbocycles. The van der Waals surface area contributed by atoms with Crippen LogP contribution in [0, 0.1) is 6.92 Å². The van der Waals surface area contributed by atoms with Gasteiger partial charge in [-0.3, -0.25) is 0 Å². The zero-order valence-corrected chi connectivity index (χ0v) is 36.7. The maximum absolute atomic E-state index is 5.43. The first-order chi connectivity index (χ1) is 32.0. The van der Waals surface area contributed by atoms with Gasteiger partial charge in [-0.25, -0.2) is 4.99 Å². The third-order valence-corrected chi connectivity index (χ3v) is 13.3. The average Bonchev–Trinajstić information content (AvgIpc) is 3.36. The van der Waals surface area contributed by atoms with Gasteiger partial charge >= 0.3 is 0 Å². The van der Waals surface area contributed by atoms with Crippen molar-refractivity contribution in [2.75, 3.05) is 0 Å². The van der Waals surface area contributed by atoms with Crippen molar-refractivity contribution in [3.63, 3.8) is 0 Å². The van der Waals surface area contributed by atoms with E-state index < -0.39 is 0 Å². The Bertz CT molecular complexity index is 3700. The monoisotopic (exact) mass is 829 g/mol. The number of allylic oxidation sites excluding steroid dienone is 2. The summed E-state index contributed by atoms with van der Waals surface area (Å²) in [6.45, 7) is 9.05. The molecule has 0 spiro atoms. The van der Waals surface area contributed by atoms with E-state index in [0.717, 1.165) is 39.8 Å². The highest BCUT2D eigenvalue weighted by Gasteiger charge is 2.15. The molecule has 0 saturated carbocycles. The summed E-state index contributed by atoms with van der Waals surface area (Å²) in [5.74, 6) is 0. The maximum Gasteiger partial charge on any atom is 0.0718 e. The first-order valence-corrected chi connectivity index (χ1v) is 22.5. The van der Waals surface area contributed by atoms with Gasteiger partial charge in [-0.2, -0.15) is 0 Å². The van der Waals surface area contributed by atoms with Crippen molar-refractivity contribution in [3.05, 3.63) is 264 Å². The Labute approximate surface area is 381 Å². The van der Waals surface area contributed by atoms with Crippen LogP contribution in [-0.2, 0) is 6.42 Å². The van der Waals surface area contributed by atoms with Crippen molar-refractivity contribution in [2.24, 2.45) is 4.99 Å². The number of fused-ring (bicyclic) bond motifs is 7. The summed E-state index contributed by atoms with van der Waals surface area (Å²) >= 11 is 0. The van der Waals surface area contributed by atoms with Gasteiger partial charge in [0.05, 0.1) is 11.4 Å². The Hall–Kier alpha value is -8.13. The molecule has 65 heavy (non-hydrogen) atoms. The molecule has 0 aliphatic rings. The minimum Gasteiger partial charge on any atom is -0.248 e. The molecule has 0 heterocycles. The predicted molar refractivity (Wildman–Crippen MR) is 281 cm³/mol. The summed E-state index contributed by atoms with van der Waals surface area (Å²) < 4.78 is 0. The number of aliphatic imine (C=N–C) groups is 1. The molecule has 0 saturated heterocycles. The highest BCUT2D eigenvalue weighted by molar-refractivity contribution is 6.25. The molecule has 0 aromatic heterocycles. The fourth-order valence-electron chi connectivity index (χ4n) is 9.86. The summed E-state index contributed by atoms with van der Waals surface area (Å²) in [7, 11) is 0. The van der Waals surface area contributed by atoms with Gasteiger partial charge in [0, 0.05) is 5.56 Å². The van der Waals surface area contributed by atoms with Crippen molar-refractivity contribution in [2.45, 2.75) is 20.3 Å². The van der Waals surface area contributed by atoms with Crippen molar-refractivity contribution < 1.29 is 0 Å². The molecule has 0 aliphatic carbocycles. The lowest BCUT2D eigenvalue weighted by Gasteiger charge is -2.15. The quantitative estimate of drug-likeness (QED) is 0.102. The van der Waals surface area contributed by atoms with E-state index in [0.29, 0.717) is 5.70 Å². The number of hydrogen-bond acceptors (Lipinski definition) is 1. The molecule has 0 bridgehead atoms. The zero-order valence-electron chi connectivity index (χ0n) is 36.7. The summed E-state index contributed by atoms with van der Waals surface area (Å²) in [5.41, 5.74) is 14.9. The number of hydrogen-bond donors (Lipinski definition) is 0. The van der Waals surface area contributed by atoms with Gasteiger partial charge in [-0.1, -0.05) is 213 Å². The highest BCUT2D eigenvalue weighted by Crippen LogP contribution is 2.36. The zero-order chi connectivity index (χ0) is 43.9. The van der Waals surface area contributed by atoms with Crippen LogP contribution < -0.4 is 0 Å². The van der Waals surface area contributed by atoms with Gasteiger partial charge in [-0.15, -0.1) is 0 Å². The number of nitrogens with zero attached hydrogens (tertiary/aromatic N) is 1. The molecule has 0 atom stereocenters. The van der Waals surface area contributed by atoms with E-state index in [1.54, 1.807) is 0 Å². The summed E-state index contributed by atoms with van der Waals surface area (Å²) in [5, 5.41) is 12.3. The molecular formula is C64H47N. The van der Waals surface area contributed by atoms with Crippen LogP contribution in [-0.4, -0.2) is 5.71 Å². The van der Waals surface area contributed by atoms with Crippen LogP contribution in [0.5, 0.6) is 0 Å². The average molecular weight is 830 g/mol. The topological polar surface area (TPSA) is 12.4 Å². The predicted octanol–water partition coefficient (Wildman–Crippen LogP) is 17.2. The van der Waals surface area contributed by atoms with Gasteiger partial charge in [0.1, 0.15) is 0 Å². The SMILES string of the molecule is C=C(/N=C(\C=C(/C)c1cc2ccccc2c2ccccc12)c1cc2ccccc2c2ccccc12)c1ccc(-c2ccc(Cc3ccccc3-c3ccc4ccccc4c3C)cc2)cc1. The van der Waals surface area contributed by atoms with Crippen LogP contribution >= 0.6 is 0 Å². The second-order valence-corrected chi connectivity index (χ2v) is 17.2. The van der Waals surface area contributed by atoms with Crippen molar-refractivity contribution in [1.82, 2.24) is 0 Å². The Morgan fingerprint density at radius 2 is 0.938 bits per heavy atom. The van der Waals surface area contributed by atoms with Crippen molar-refractivity contribution in [1.29, 1.82) is 0 Å². The van der Waals surface area contributed by atoms with E-state index in [9.17, 15) is 0 Å². The van der Waals surface area contributed by atoms with Crippen LogP contribution in [0.3, 0.4) is 0 Å². The highest BCUT2D eigenvalue weighted by atomic mass is 14.8. The van der Waals surface area contributed by atoms with Gasteiger partial charge < -0.3 is 0 Å². The minimum atomic E-state index is 0.715. The molecule has 308 valence electrons. The van der Waals surface area contributed by atoms with Crippen LogP contribution in [0.4, 0.5) is 0 Å². The summed E-state index contributed by atoms with van der Waals surface area (Å²) in [4.78, 5) is 5.43. The molecular weight excluding hydrogens is 783 g/mol. The summed E-state index contributed by atoms with van der Waals surface area (Å²) in [6.07, 6.45) is 3.12. The Morgan fingerprint density at radius 1 is 0.446 bits per heavy atom. The summed E-state index contributed by atoms with van der Waals surface area (Å²) in [6, 6.07) is 79.1. The Kier molecular flexibility index (Phi) is 10.3. The third kappa shape index (κ3) is 7.52. The van der Waals surface area contributed by atoms with Gasteiger partial charge in [0.25, 0.3) is 0 Å².